The summed E-state index contributed by atoms with van der Waals surface area (Å²) in [6, 6.07) is 0. The lowest BCUT2D eigenvalue weighted by molar-refractivity contribution is -0.134. The van der Waals surface area contributed by atoms with Gasteiger partial charge in [-0.2, -0.15) is 0 Å². The summed E-state index contributed by atoms with van der Waals surface area (Å²) < 4.78 is 4.52. The maximum atomic E-state index is 12.2. The summed E-state index contributed by atoms with van der Waals surface area (Å²) in [6.45, 7) is 6.28. The van der Waals surface area contributed by atoms with Crippen molar-refractivity contribution in [2.45, 2.75) is 65.4 Å². The van der Waals surface area contributed by atoms with Gasteiger partial charge in [0.15, 0.2) is 0 Å². The molecule has 4 nitrogen and oxygen atoms in total. The molecular weight excluding hydrogens is 328 g/mol. The standard InChI is InChI=1S/C22H34O4/c1-5-16-22(2,3)20(24)15-13-17-12-14-19(23)18(17)10-8-6-7-9-11-21(25)26-4/h6-7,9,11,13,15,17-18,20,24H,5,8,10,12,14,16H2,1-4H3. The first-order valence-corrected chi connectivity index (χ1v) is 9.62. The van der Waals surface area contributed by atoms with Gasteiger partial charge in [-0.05, 0) is 37.0 Å². The number of ether oxygens (including phenoxy) is 1. The van der Waals surface area contributed by atoms with E-state index in [1.807, 2.05) is 12.2 Å². The Hall–Kier alpha value is -1.68. The molecule has 3 atom stereocenters. The van der Waals surface area contributed by atoms with Crippen molar-refractivity contribution in [1.82, 2.24) is 0 Å². The first-order valence-electron chi connectivity index (χ1n) is 9.62. The zero-order valence-electron chi connectivity index (χ0n) is 16.6. The summed E-state index contributed by atoms with van der Waals surface area (Å²) in [4.78, 5) is 23.1. The van der Waals surface area contributed by atoms with Crippen molar-refractivity contribution in [1.29, 1.82) is 0 Å². The Bertz CT molecular complexity index is 542. The van der Waals surface area contributed by atoms with E-state index in [4.69, 9.17) is 0 Å². The molecule has 0 aromatic carbocycles. The molecule has 0 amide bonds. The van der Waals surface area contributed by atoms with Gasteiger partial charge in [-0.3, -0.25) is 4.79 Å². The van der Waals surface area contributed by atoms with E-state index in [2.05, 4.69) is 31.6 Å². The van der Waals surface area contributed by atoms with Crippen LogP contribution >= 0.6 is 0 Å². The van der Waals surface area contributed by atoms with Crippen LogP contribution in [0.1, 0.15) is 59.3 Å². The summed E-state index contributed by atoms with van der Waals surface area (Å²) in [7, 11) is 1.34. The van der Waals surface area contributed by atoms with E-state index >= 15 is 0 Å². The normalized spacial score (nSPS) is 22.7. The lowest BCUT2D eigenvalue weighted by atomic mass is 9.81. The summed E-state index contributed by atoms with van der Waals surface area (Å²) in [5.74, 6) is 0.186. The van der Waals surface area contributed by atoms with E-state index < -0.39 is 6.10 Å². The zero-order chi connectivity index (χ0) is 19.6. The van der Waals surface area contributed by atoms with E-state index in [9.17, 15) is 14.7 Å². The predicted molar refractivity (Wildman–Crippen MR) is 105 cm³/mol. The van der Waals surface area contributed by atoms with Crippen LogP contribution < -0.4 is 0 Å². The summed E-state index contributed by atoms with van der Waals surface area (Å²) >= 11 is 0. The fourth-order valence-corrected chi connectivity index (χ4v) is 3.49. The molecule has 1 N–H and O–H groups in total. The smallest absolute Gasteiger partial charge is 0.330 e. The number of hydrogen-bond acceptors (Lipinski definition) is 4. The summed E-state index contributed by atoms with van der Waals surface area (Å²) in [5.41, 5.74) is -0.141. The number of carbonyl (C=O) groups is 2. The van der Waals surface area contributed by atoms with E-state index in [0.717, 1.165) is 32.1 Å². The number of ketones is 1. The molecule has 0 aliphatic heterocycles. The van der Waals surface area contributed by atoms with Crippen LogP contribution in [0.5, 0.6) is 0 Å². The molecule has 0 aromatic rings. The number of methoxy groups -OCH3 is 1. The van der Waals surface area contributed by atoms with Crippen LogP contribution in [0.15, 0.2) is 36.5 Å². The molecule has 0 spiro atoms. The van der Waals surface area contributed by atoms with Crippen LogP contribution in [0.25, 0.3) is 0 Å². The molecule has 1 fully saturated rings. The van der Waals surface area contributed by atoms with Gasteiger partial charge >= 0.3 is 5.97 Å². The quantitative estimate of drug-likeness (QED) is 0.271. The van der Waals surface area contributed by atoms with Crippen LogP contribution in [0.2, 0.25) is 0 Å². The Labute approximate surface area is 158 Å². The average Bonchev–Trinajstić information content (AvgIpc) is 2.95. The highest BCUT2D eigenvalue weighted by molar-refractivity contribution is 5.83. The topological polar surface area (TPSA) is 63.6 Å². The van der Waals surface area contributed by atoms with Crippen molar-refractivity contribution in [2.75, 3.05) is 7.11 Å². The molecule has 0 radical (unpaired) electrons. The second-order valence-corrected chi connectivity index (χ2v) is 7.73. The number of aliphatic hydroxyl groups excluding tert-OH is 1. The second kappa shape index (κ2) is 11.1. The lowest BCUT2D eigenvalue weighted by Gasteiger charge is -2.28. The third-order valence-corrected chi connectivity index (χ3v) is 5.22. The number of aliphatic hydroxyl groups is 1. The molecule has 1 saturated carbocycles. The Morgan fingerprint density at radius 2 is 2.12 bits per heavy atom. The molecule has 1 aliphatic rings. The number of hydrogen-bond donors (Lipinski definition) is 1. The predicted octanol–water partition coefficient (Wildman–Crippen LogP) is 4.39. The molecule has 0 aromatic heterocycles. The summed E-state index contributed by atoms with van der Waals surface area (Å²) in [5, 5.41) is 10.4. The zero-order valence-corrected chi connectivity index (χ0v) is 16.6. The molecule has 1 rings (SSSR count). The summed E-state index contributed by atoms with van der Waals surface area (Å²) in [6.07, 6.45) is 15.3. The fourth-order valence-electron chi connectivity index (χ4n) is 3.49. The van der Waals surface area contributed by atoms with Crippen LogP contribution in [0.4, 0.5) is 0 Å². The third-order valence-electron chi connectivity index (χ3n) is 5.22. The highest BCUT2D eigenvalue weighted by atomic mass is 16.5. The third kappa shape index (κ3) is 7.28. The Balaban J connectivity index is 2.55. The maximum absolute atomic E-state index is 12.2. The molecular formula is C22H34O4. The van der Waals surface area contributed by atoms with Gasteiger partial charge in [-0.15, -0.1) is 0 Å². The molecule has 0 bridgehead atoms. The molecule has 26 heavy (non-hydrogen) atoms. The van der Waals surface area contributed by atoms with Gasteiger partial charge in [0.25, 0.3) is 0 Å². The van der Waals surface area contributed by atoms with Gasteiger partial charge in [0.2, 0.25) is 0 Å². The second-order valence-electron chi connectivity index (χ2n) is 7.73. The van der Waals surface area contributed by atoms with Crippen molar-refractivity contribution in [2.24, 2.45) is 17.3 Å². The van der Waals surface area contributed by atoms with E-state index in [0.29, 0.717) is 12.2 Å². The van der Waals surface area contributed by atoms with Crippen LogP contribution in [-0.2, 0) is 14.3 Å². The van der Waals surface area contributed by atoms with Gasteiger partial charge < -0.3 is 9.84 Å². The Morgan fingerprint density at radius 1 is 1.38 bits per heavy atom. The largest absolute Gasteiger partial charge is 0.466 e. The first-order chi connectivity index (χ1) is 12.3. The van der Waals surface area contributed by atoms with Crippen molar-refractivity contribution in [3.63, 3.8) is 0 Å². The highest BCUT2D eigenvalue weighted by Gasteiger charge is 2.33. The van der Waals surface area contributed by atoms with Gasteiger partial charge in [0.1, 0.15) is 5.78 Å². The first kappa shape index (κ1) is 22.4. The van der Waals surface area contributed by atoms with Crippen molar-refractivity contribution >= 4 is 11.8 Å². The Morgan fingerprint density at radius 3 is 2.77 bits per heavy atom. The maximum Gasteiger partial charge on any atom is 0.330 e. The van der Waals surface area contributed by atoms with Crippen molar-refractivity contribution < 1.29 is 19.4 Å². The Kier molecular flexibility index (Phi) is 9.57. The van der Waals surface area contributed by atoms with E-state index in [-0.39, 0.29) is 23.2 Å². The molecule has 146 valence electrons. The van der Waals surface area contributed by atoms with Crippen LogP contribution in [0.3, 0.4) is 0 Å². The minimum absolute atomic E-state index is 0.0296. The minimum Gasteiger partial charge on any atom is -0.466 e. The molecule has 1 aliphatic carbocycles. The SMILES string of the molecule is CCCC(C)(C)C(O)C=CC1CCC(=O)C1CCC=CC=CC(=O)OC. The van der Waals surface area contributed by atoms with Gasteiger partial charge in [0.05, 0.1) is 13.2 Å². The molecule has 3 unspecified atom stereocenters. The number of rotatable bonds is 10. The molecule has 0 heterocycles. The van der Waals surface area contributed by atoms with Crippen LogP contribution in [0, 0.1) is 17.3 Å². The lowest BCUT2D eigenvalue weighted by Crippen LogP contribution is -2.27. The molecule has 0 saturated heterocycles. The van der Waals surface area contributed by atoms with Gasteiger partial charge in [0, 0.05) is 18.4 Å². The monoisotopic (exact) mass is 362 g/mol. The van der Waals surface area contributed by atoms with Crippen molar-refractivity contribution in [3.8, 4) is 0 Å². The van der Waals surface area contributed by atoms with Crippen LogP contribution in [-0.4, -0.2) is 30.1 Å². The number of carbonyl (C=O) groups excluding carboxylic acids is 2. The number of allylic oxidation sites excluding steroid dienone is 4. The van der Waals surface area contributed by atoms with Gasteiger partial charge in [-0.1, -0.05) is 57.6 Å². The molecule has 4 heteroatoms. The van der Waals surface area contributed by atoms with Crippen molar-refractivity contribution in [3.05, 3.63) is 36.5 Å². The average molecular weight is 363 g/mol. The van der Waals surface area contributed by atoms with E-state index in [1.54, 1.807) is 12.2 Å². The highest BCUT2D eigenvalue weighted by Crippen LogP contribution is 2.34. The minimum atomic E-state index is -0.484. The van der Waals surface area contributed by atoms with Gasteiger partial charge in [-0.25, -0.2) is 4.79 Å². The number of Topliss-reactive ketones (excluding diaryl/α,β-unsaturated/α-hetero) is 1. The fraction of sp³-hybridized carbons (Fsp3) is 0.636. The van der Waals surface area contributed by atoms with E-state index in [1.165, 1.54) is 13.2 Å². The number of esters is 1.